The van der Waals surface area contributed by atoms with Crippen LogP contribution in [0.4, 0.5) is 0 Å². The molecule has 12 heavy (non-hydrogen) atoms. The molecule has 0 N–H and O–H groups in total. The number of ether oxygens (including phenoxy) is 1. The van der Waals surface area contributed by atoms with E-state index in [2.05, 4.69) is 0 Å². The third-order valence-electron chi connectivity index (χ3n) is 1.89. The van der Waals surface area contributed by atoms with Gasteiger partial charge in [0.25, 0.3) is 5.70 Å². The maximum absolute atomic E-state index is 10.3. The van der Waals surface area contributed by atoms with E-state index in [1.54, 1.807) is 19.3 Å². The monoisotopic (exact) mass is 169 g/mol. The SMILES string of the molecule is COC1C=CC([N+](=O)[O-])=C[C@@H]1C. The van der Waals surface area contributed by atoms with E-state index >= 15 is 0 Å². The summed E-state index contributed by atoms with van der Waals surface area (Å²) in [5.41, 5.74) is 0.149. The van der Waals surface area contributed by atoms with E-state index < -0.39 is 4.92 Å². The van der Waals surface area contributed by atoms with Crippen molar-refractivity contribution in [3.63, 3.8) is 0 Å². The van der Waals surface area contributed by atoms with Gasteiger partial charge in [-0.2, -0.15) is 0 Å². The highest BCUT2D eigenvalue weighted by Crippen LogP contribution is 2.18. The van der Waals surface area contributed by atoms with Crippen LogP contribution in [0.3, 0.4) is 0 Å². The molecule has 0 amide bonds. The zero-order valence-corrected chi connectivity index (χ0v) is 7.06. The summed E-state index contributed by atoms with van der Waals surface area (Å²) in [7, 11) is 1.59. The number of rotatable bonds is 2. The molecule has 0 radical (unpaired) electrons. The highest BCUT2D eigenvalue weighted by Gasteiger charge is 2.20. The first kappa shape index (κ1) is 8.93. The van der Waals surface area contributed by atoms with Gasteiger partial charge >= 0.3 is 0 Å². The smallest absolute Gasteiger partial charge is 0.265 e. The molecule has 1 aliphatic carbocycles. The topological polar surface area (TPSA) is 52.4 Å². The fourth-order valence-corrected chi connectivity index (χ4v) is 1.20. The van der Waals surface area contributed by atoms with Crippen LogP contribution in [0.1, 0.15) is 6.92 Å². The second kappa shape index (κ2) is 3.49. The van der Waals surface area contributed by atoms with E-state index in [0.717, 1.165) is 0 Å². The summed E-state index contributed by atoms with van der Waals surface area (Å²) in [6, 6.07) is 0. The van der Waals surface area contributed by atoms with Gasteiger partial charge in [-0.25, -0.2) is 0 Å². The Morgan fingerprint density at radius 1 is 1.67 bits per heavy atom. The van der Waals surface area contributed by atoms with E-state index in [-0.39, 0.29) is 17.7 Å². The third-order valence-corrected chi connectivity index (χ3v) is 1.89. The first-order chi connectivity index (χ1) is 5.65. The number of methoxy groups -OCH3 is 1. The maximum Gasteiger partial charge on any atom is 0.265 e. The number of allylic oxidation sites excluding steroid dienone is 1. The summed E-state index contributed by atoms with van der Waals surface area (Å²) in [6.45, 7) is 1.89. The molecule has 0 saturated heterocycles. The van der Waals surface area contributed by atoms with Crippen LogP contribution in [0, 0.1) is 16.0 Å². The van der Waals surface area contributed by atoms with Crippen molar-refractivity contribution >= 4 is 0 Å². The molecule has 66 valence electrons. The largest absolute Gasteiger partial charge is 0.377 e. The van der Waals surface area contributed by atoms with Crippen molar-refractivity contribution in [1.82, 2.24) is 0 Å². The maximum atomic E-state index is 10.3. The Morgan fingerprint density at radius 2 is 2.33 bits per heavy atom. The molecule has 0 aromatic heterocycles. The fraction of sp³-hybridized carbons (Fsp3) is 0.500. The van der Waals surface area contributed by atoms with Crippen molar-refractivity contribution in [2.45, 2.75) is 13.0 Å². The lowest BCUT2D eigenvalue weighted by Crippen LogP contribution is -2.20. The van der Waals surface area contributed by atoms with Crippen molar-refractivity contribution in [2.24, 2.45) is 5.92 Å². The van der Waals surface area contributed by atoms with Crippen molar-refractivity contribution in [2.75, 3.05) is 7.11 Å². The lowest BCUT2D eigenvalue weighted by atomic mass is 9.98. The zero-order chi connectivity index (χ0) is 9.14. The minimum Gasteiger partial charge on any atom is -0.377 e. The Balaban J connectivity index is 2.75. The number of nitro groups is 1. The molecule has 0 aliphatic heterocycles. The van der Waals surface area contributed by atoms with Crippen molar-refractivity contribution < 1.29 is 9.66 Å². The van der Waals surface area contributed by atoms with Gasteiger partial charge in [-0.15, -0.1) is 0 Å². The molecular weight excluding hydrogens is 158 g/mol. The quantitative estimate of drug-likeness (QED) is 0.463. The van der Waals surface area contributed by atoms with Crippen LogP contribution in [-0.4, -0.2) is 18.1 Å². The molecule has 1 unspecified atom stereocenters. The van der Waals surface area contributed by atoms with Crippen LogP contribution in [0.25, 0.3) is 0 Å². The molecule has 0 fully saturated rings. The predicted octanol–water partition coefficient (Wildman–Crippen LogP) is 1.37. The summed E-state index contributed by atoms with van der Waals surface area (Å²) < 4.78 is 5.08. The van der Waals surface area contributed by atoms with Crippen LogP contribution in [0.15, 0.2) is 23.9 Å². The molecule has 1 aliphatic rings. The zero-order valence-electron chi connectivity index (χ0n) is 7.06. The molecule has 1 rings (SSSR count). The van der Waals surface area contributed by atoms with Crippen LogP contribution < -0.4 is 0 Å². The third kappa shape index (κ3) is 1.71. The Kier molecular flexibility index (Phi) is 2.60. The first-order valence-corrected chi connectivity index (χ1v) is 3.72. The van der Waals surface area contributed by atoms with Crippen molar-refractivity contribution in [3.05, 3.63) is 34.0 Å². The van der Waals surface area contributed by atoms with Crippen LogP contribution in [0.2, 0.25) is 0 Å². The van der Waals surface area contributed by atoms with Gasteiger partial charge in [-0.1, -0.05) is 6.92 Å². The van der Waals surface area contributed by atoms with Gasteiger partial charge in [0.15, 0.2) is 0 Å². The second-order valence-electron chi connectivity index (χ2n) is 2.77. The standard InChI is InChI=1S/C8H11NO3/c1-6-5-7(9(10)11)3-4-8(6)12-2/h3-6,8H,1-2H3/t6-,8?/m0/s1. The molecule has 0 heterocycles. The van der Waals surface area contributed by atoms with E-state index in [1.165, 1.54) is 6.08 Å². The van der Waals surface area contributed by atoms with Crippen LogP contribution in [0.5, 0.6) is 0 Å². The molecular formula is C8H11NO3. The Labute approximate surface area is 70.7 Å². The highest BCUT2D eigenvalue weighted by atomic mass is 16.6. The Hall–Kier alpha value is -1.16. The highest BCUT2D eigenvalue weighted by molar-refractivity contribution is 5.20. The number of hydrogen-bond acceptors (Lipinski definition) is 3. The minimum absolute atomic E-state index is 0.0336. The average Bonchev–Trinajstić information content (AvgIpc) is 2.04. The first-order valence-electron chi connectivity index (χ1n) is 3.72. The molecule has 0 bridgehead atoms. The summed E-state index contributed by atoms with van der Waals surface area (Å²) in [6.07, 6.45) is 4.76. The van der Waals surface area contributed by atoms with E-state index in [1.807, 2.05) is 6.92 Å². The van der Waals surface area contributed by atoms with Crippen molar-refractivity contribution in [1.29, 1.82) is 0 Å². The molecule has 0 spiro atoms. The van der Waals surface area contributed by atoms with Crippen molar-refractivity contribution in [3.8, 4) is 0 Å². The molecule has 0 saturated carbocycles. The van der Waals surface area contributed by atoms with Gasteiger partial charge in [0.2, 0.25) is 0 Å². The Bertz CT molecular complexity index is 245. The van der Waals surface area contributed by atoms with Gasteiger partial charge < -0.3 is 4.74 Å². The van der Waals surface area contributed by atoms with Gasteiger partial charge in [0.05, 0.1) is 11.0 Å². The number of hydrogen-bond donors (Lipinski definition) is 0. The van der Waals surface area contributed by atoms with E-state index in [4.69, 9.17) is 4.74 Å². The van der Waals surface area contributed by atoms with Gasteiger partial charge in [-0.05, 0) is 12.2 Å². The van der Waals surface area contributed by atoms with Crippen LogP contribution >= 0.6 is 0 Å². The molecule has 0 aromatic carbocycles. The molecule has 4 nitrogen and oxygen atoms in total. The summed E-state index contributed by atoms with van der Waals surface area (Å²) in [4.78, 5) is 9.95. The normalized spacial score (nSPS) is 28.3. The lowest BCUT2D eigenvalue weighted by Gasteiger charge is -2.18. The van der Waals surface area contributed by atoms with Gasteiger partial charge in [0, 0.05) is 19.1 Å². The summed E-state index contributed by atoms with van der Waals surface area (Å²) in [5, 5.41) is 10.3. The fourth-order valence-electron chi connectivity index (χ4n) is 1.20. The number of nitrogens with zero attached hydrogens (tertiary/aromatic N) is 1. The molecule has 2 atom stereocenters. The molecule has 0 aromatic rings. The van der Waals surface area contributed by atoms with Gasteiger partial charge in [-0.3, -0.25) is 10.1 Å². The molecule has 4 heteroatoms. The predicted molar refractivity (Wildman–Crippen MR) is 44.2 cm³/mol. The van der Waals surface area contributed by atoms with E-state index in [0.29, 0.717) is 0 Å². The summed E-state index contributed by atoms with van der Waals surface area (Å²) in [5.74, 6) is 0.0698. The van der Waals surface area contributed by atoms with E-state index in [9.17, 15) is 10.1 Å². The second-order valence-corrected chi connectivity index (χ2v) is 2.77. The Morgan fingerprint density at radius 3 is 2.75 bits per heavy atom. The lowest BCUT2D eigenvalue weighted by molar-refractivity contribution is -0.419. The average molecular weight is 169 g/mol. The minimum atomic E-state index is -0.390. The van der Waals surface area contributed by atoms with Gasteiger partial charge in [0.1, 0.15) is 0 Å². The summed E-state index contributed by atoms with van der Waals surface area (Å²) >= 11 is 0. The van der Waals surface area contributed by atoms with Crippen LogP contribution in [-0.2, 0) is 4.74 Å².